The Hall–Kier alpha value is -1.88. The van der Waals surface area contributed by atoms with Crippen molar-refractivity contribution in [2.24, 2.45) is 0 Å². The van der Waals surface area contributed by atoms with Crippen LogP contribution >= 0.6 is 0 Å². The molecular weight excluding hydrogens is 268 g/mol. The molecular formula is C16H24N2O3. The molecule has 0 spiro atoms. The molecule has 0 saturated heterocycles. The molecule has 0 bridgehead atoms. The predicted molar refractivity (Wildman–Crippen MR) is 81.5 cm³/mol. The fourth-order valence-corrected chi connectivity index (χ4v) is 2.00. The first-order chi connectivity index (χ1) is 9.72. The van der Waals surface area contributed by atoms with Gasteiger partial charge in [0.2, 0.25) is 11.8 Å². The molecule has 2 N–H and O–H groups in total. The summed E-state index contributed by atoms with van der Waals surface area (Å²) in [5.41, 5.74) is -0.570. The lowest BCUT2D eigenvalue weighted by Crippen LogP contribution is -2.42. The predicted octanol–water partition coefficient (Wildman–Crippen LogP) is 1.27. The standard InChI is InChI=1S/C16H24N2O3/c1-12(2)17-14(19)11-18(4)15(20)10-16(3,21)13-8-6-5-7-9-13/h5-9,12,21H,10-11H2,1-4H3,(H,17,19). The van der Waals surface area contributed by atoms with E-state index in [1.165, 1.54) is 4.90 Å². The fourth-order valence-electron chi connectivity index (χ4n) is 2.00. The maximum atomic E-state index is 12.1. The highest BCUT2D eigenvalue weighted by atomic mass is 16.3. The average molecular weight is 292 g/mol. The number of benzene rings is 1. The van der Waals surface area contributed by atoms with Crippen molar-refractivity contribution in [1.82, 2.24) is 10.2 Å². The molecule has 21 heavy (non-hydrogen) atoms. The van der Waals surface area contributed by atoms with Gasteiger partial charge in [-0.25, -0.2) is 0 Å². The van der Waals surface area contributed by atoms with Gasteiger partial charge in [0.1, 0.15) is 0 Å². The highest BCUT2D eigenvalue weighted by molar-refractivity contribution is 5.85. The van der Waals surface area contributed by atoms with Gasteiger partial charge in [-0.3, -0.25) is 9.59 Å². The molecule has 5 heteroatoms. The van der Waals surface area contributed by atoms with Crippen molar-refractivity contribution in [3.63, 3.8) is 0 Å². The van der Waals surface area contributed by atoms with Gasteiger partial charge in [0, 0.05) is 13.1 Å². The number of carbonyl (C=O) groups is 2. The molecule has 2 amide bonds. The summed E-state index contributed by atoms with van der Waals surface area (Å²) in [6, 6.07) is 9.07. The van der Waals surface area contributed by atoms with E-state index in [4.69, 9.17) is 0 Å². The first-order valence-corrected chi connectivity index (χ1v) is 7.03. The second kappa shape index (κ2) is 7.22. The normalized spacial score (nSPS) is 13.6. The Morgan fingerprint density at radius 1 is 1.29 bits per heavy atom. The van der Waals surface area contributed by atoms with Crippen molar-refractivity contribution in [2.45, 2.75) is 38.8 Å². The van der Waals surface area contributed by atoms with Crippen LogP contribution in [-0.2, 0) is 15.2 Å². The molecule has 1 unspecified atom stereocenters. The summed E-state index contributed by atoms with van der Waals surface area (Å²) in [6.07, 6.45) is -0.0670. The van der Waals surface area contributed by atoms with E-state index in [0.29, 0.717) is 5.56 Å². The van der Waals surface area contributed by atoms with Crippen LogP contribution < -0.4 is 5.32 Å². The second-order valence-electron chi connectivity index (χ2n) is 5.79. The highest BCUT2D eigenvalue weighted by Crippen LogP contribution is 2.24. The summed E-state index contributed by atoms with van der Waals surface area (Å²) >= 11 is 0. The Kier molecular flexibility index (Phi) is 5.90. The lowest BCUT2D eigenvalue weighted by molar-refractivity contribution is -0.138. The molecule has 1 atom stereocenters. The van der Waals surface area contributed by atoms with Crippen molar-refractivity contribution in [1.29, 1.82) is 0 Å². The van der Waals surface area contributed by atoms with Crippen molar-refractivity contribution < 1.29 is 14.7 Å². The SMILES string of the molecule is CC(C)NC(=O)CN(C)C(=O)CC(C)(O)c1ccccc1. The van der Waals surface area contributed by atoms with E-state index in [-0.39, 0.29) is 30.8 Å². The minimum atomic E-state index is -1.25. The molecule has 0 aliphatic heterocycles. The number of aliphatic hydroxyl groups is 1. The second-order valence-corrected chi connectivity index (χ2v) is 5.79. The van der Waals surface area contributed by atoms with Gasteiger partial charge in [0.15, 0.2) is 0 Å². The van der Waals surface area contributed by atoms with Crippen LogP contribution in [0.5, 0.6) is 0 Å². The van der Waals surface area contributed by atoms with Gasteiger partial charge < -0.3 is 15.3 Å². The Bertz CT molecular complexity index is 484. The number of rotatable bonds is 6. The molecule has 0 fully saturated rings. The molecule has 1 rings (SSSR count). The highest BCUT2D eigenvalue weighted by Gasteiger charge is 2.28. The summed E-state index contributed by atoms with van der Waals surface area (Å²) in [6.45, 7) is 5.31. The Morgan fingerprint density at radius 2 is 1.86 bits per heavy atom. The summed E-state index contributed by atoms with van der Waals surface area (Å²) in [7, 11) is 1.56. The zero-order valence-electron chi connectivity index (χ0n) is 13.1. The number of nitrogens with zero attached hydrogens (tertiary/aromatic N) is 1. The van der Waals surface area contributed by atoms with E-state index in [1.807, 2.05) is 32.0 Å². The monoisotopic (exact) mass is 292 g/mol. The smallest absolute Gasteiger partial charge is 0.239 e. The van der Waals surface area contributed by atoms with Crippen molar-refractivity contribution >= 4 is 11.8 Å². The molecule has 0 heterocycles. The molecule has 0 radical (unpaired) electrons. The van der Waals surface area contributed by atoms with Crippen molar-refractivity contribution in [3.05, 3.63) is 35.9 Å². The van der Waals surface area contributed by atoms with Gasteiger partial charge in [-0.05, 0) is 26.3 Å². The van der Waals surface area contributed by atoms with Gasteiger partial charge in [-0.1, -0.05) is 30.3 Å². The largest absolute Gasteiger partial charge is 0.385 e. The Morgan fingerprint density at radius 3 is 2.38 bits per heavy atom. The number of likely N-dealkylation sites (N-methyl/N-ethyl adjacent to an activating group) is 1. The van der Waals surface area contributed by atoms with E-state index in [9.17, 15) is 14.7 Å². The zero-order chi connectivity index (χ0) is 16.0. The van der Waals surface area contributed by atoms with E-state index in [1.54, 1.807) is 26.1 Å². The Balaban J connectivity index is 2.61. The van der Waals surface area contributed by atoms with Crippen LogP contribution in [0.4, 0.5) is 0 Å². The number of hydrogen-bond acceptors (Lipinski definition) is 3. The van der Waals surface area contributed by atoms with Gasteiger partial charge in [-0.15, -0.1) is 0 Å². The lowest BCUT2D eigenvalue weighted by Gasteiger charge is -2.26. The summed E-state index contributed by atoms with van der Waals surface area (Å²) < 4.78 is 0. The topological polar surface area (TPSA) is 69.6 Å². The van der Waals surface area contributed by atoms with Gasteiger partial charge in [-0.2, -0.15) is 0 Å². The number of amides is 2. The first-order valence-electron chi connectivity index (χ1n) is 7.03. The molecule has 5 nitrogen and oxygen atoms in total. The van der Waals surface area contributed by atoms with Gasteiger partial charge >= 0.3 is 0 Å². The van der Waals surface area contributed by atoms with E-state index in [2.05, 4.69) is 5.32 Å². The summed E-state index contributed by atoms with van der Waals surface area (Å²) in [5, 5.41) is 13.2. The van der Waals surface area contributed by atoms with E-state index >= 15 is 0 Å². The molecule has 1 aromatic rings. The van der Waals surface area contributed by atoms with E-state index in [0.717, 1.165) is 0 Å². The minimum Gasteiger partial charge on any atom is -0.385 e. The fraction of sp³-hybridized carbons (Fsp3) is 0.500. The van der Waals surface area contributed by atoms with Crippen LogP contribution in [0.25, 0.3) is 0 Å². The van der Waals surface area contributed by atoms with Crippen LogP contribution in [-0.4, -0.2) is 41.5 Å². The number of hydrogen-bond donors (Lipinski definition) is 2. The quantitative estimate of drug-likeness (QED) is 0.829. The zero-order valence-corrected chi connectivity index (χ0v) is 13.1. The first kappa shape index (κ1) is 17.2. The maximum absolute atomic E-state index is 12.1. The van der Waals surface area contributed by atoms with E-state index < -0.39 is 5.60 Å². The van der Waals surface area contributed by atoms with Crippen LogP contribution in [0.15, 0.2) is 30.3 Å². The van der Waals surface area contributed by atoms with Gasteiger partial charge in [0.05, 0.1) is 18.6 Å². The van der Waals surface area contributed by atoms with Crippen LogP contribution in [0.1, 0.15) is 32.8 Å². The minimum absolute atomic E-state index is 0.0120. The Labute approximate surface area is 126 Å². The third-order valence-corrected chi connectivity index (χ3v) is 3.15. The molecule has 0 saturated carbocycles. The summed E-state index contributed by atoms with van der Waals surface area (Å²) in [4.78, 5) is 25.1. The number of nitrogens with one attached hydrogen (secondary N) is 1. The molecule has 0 aliphatic carbocycles. The maximum Gasteiger partial charge on any atom is 0.239 e. The number of carbonyl (C=O) groups excluding carboxylic acids is 2. The molecule has 0 aromatic heterocycles. The molecule has 1 aromatic carbocycles. The van der Waals surface area contributed by atoms with Crippen molar-refractivity contribution in [3.8, 4) is 0 Å². The van der Waals surface area contributed by atoms with Crippen LogP contribution in [0.3, 0.4) is 0 Å². The van der Waals surface area contributed by atoms with Crippen LogP contribution in [0.2, 0.25) is 0 Å². The summed E-state index contributed by atoms with van der Waals surface area (Å²) in [5.74, 6) is -0.483. The average Bonchev–Trinajstić information content (AvgIpc) is 2.38. The molecule has 116 valence electrons. The third kappa shape index (κ3) is 5.55. The molecule has 0 aliphatic rings. The van der Waals surface area contributed by atoms with Crippen molar-refractivity contribution in [2.75, 3.05) is 13.6 Å². The van der Waals surface area contributed by atoms with Gasteiger partial charge in [0.25, 0.3) is 0 Å². The lowest BCUT2D eigenvalue weighted by atomic mass is 9.92. The van der Waals surface area contributed by atoms with Crippen LogP contribution in [0, 0.1) is 0 Å². The third-order valence-electron chi connectivity index (χ3n) is 3.15.